The second-order valence-corrected chi connectivity index (χ2v) is 7.01. The van der Waals surface area contributed by atoms with Gasteiger partial charge in [0.15, 0.2) is 0 Å². The van der Waals surface area contributed by atoms with Gasteiger partial charge in [-0.15, -0.1) is 0 Å². The van der Waals surface area contributed by atoms with Gasteiger partial charge >= 0.3 is 0 Å². The second kappa shape index (κ2) is 7.23. The minimum atomic E-state index is -0.0666. The Morgan fingerprint density at radius 2 is 2.04 bits per heavy atom. The molecular formula is C23H22N2O2. The molecule has 0 bridgehead atoms. The molecule has 3 aromatic rings. The highest BCUT2D eigenvalue weighted by Crippen LogP contribution is 2.33. The largest absolute Gasteiger partial charge is 0.488 e. The van der Waals surface area contributed by atoms with Crippen LogP contribution in [0, 0.1) is 13.8 Å². The Bertz CT molecular complexity index is 997. The number of amides is 1. The maximum absolute atomic E-state index is 12.3. The van der Waals surface area contributed by atoms with Crippen molar-refractivity contribution < 1.29 is 9.53 Å². The third-order valence-corrected chi connectivity index (χ3v) is 4.86. The van der Waals surface area contributed by atoms with Gasteiger partial charge in [0.25, 0.3) is 5.91 Å². The van der Waals surface area contributed by atoms with Gasteiger partial charge in [0.2, 0.25) is 0 Å². The third kappa shape index (κ3) is 3.70. The summed E-state index contributed by atoms with van der Waals surface area (Å²) < 4.78 is 6.00. The van der Waals surface area contributed by atoms with Crippen molar-refractivity contribution in [1.29, 1.82) is 0 Å². The van der Waals surface area contributed by atoms with Crippen LogP contribution in [0.15, 0.2) is 60.8 Å². The normalized spacial score (nSPS) is 15.1. The minimum absolute atomic E-state index is 0.0474. The highest BCUT2D eigenvalue weighted by atomic mass is 16.5. The highest BCUT2D eigenvalue weighted by molar-refractivity contribution is 5.94. The number of rotatable bonds is 4. The predicted octanol–water partition coefficient (Wildman–Crippen LogP) is 4.10. The van der Waals surface area contributed by atoms with Gasteiger partial charge in [-0.25, -0.2) is 0 Å². The van der Waals surface area contributed by atoms with Crippen molar-refractivity contribution in [3.05, 3.63) is 83.0 Å². The number of fused-ring (bicyclic) bond motifs is 1. The molecule has 0 unspecified atom stereocenters. The van der Waals surface area contributed by atoms with Crippen molar-refractivity contribution in [3.8, 4) is 17.0 Å². The van der Waals surface area contributed by atoms with Crippen LogP contribution in [-0.2, 0) is 6.42 Å². The molecule has 1 atom stereocenters. The first-order valence-corrected chi connectivity index (χ1v) is 9.16. The van der Waals surface area contributed by atoms with Gasteiger partial charge < -0.3 is 10.1 Å². The second-order valence-electron chi connectivity index (χ2n) is 7.01. The summed E-state index contributed by atoms with van der Waals surface area (Å²) >= 11 is 0. The summed E-state index contributed by atoms with van der Waals surface area (Å²) in [6.07, 6.45) is 2.55. The zero-order valence-electron chi connectivity index (χ0n) is 15.5. The van der Waals surface area contributed by atoms with Crippen molar-refractivity contribution in [2.24, 2.45) is 0 Å². The maximum atomic E-state index is 12.3. The number of hydrogen-bond acceptors (Lipinski definition) is 3. The molecule has 1 amide bonds. The molecule has 0 saturated carbocycles. The third-order valence-electron chi connectivity index (χ3n) is 4.86. The summed E-state index contributed by atoms with van der Waals surface area (Å²) in [4.78, 5) is 16.8. The fourth-order valence-corrected chi connectivity index (χ4v) is 3.46. The molecule has 136 valence electrons. The molecule has 0 spiro atoms. The molecule has 0 radical (unpaired) electrons. The lowest BCUT2D eigenvalue weighted by Gasteiger charge is -2.12. The van der Waals surface area contributed by atoms with Crippen LogP contribution < -0.4 is 10.1 Å². The smallest absolute Gasteiger partial charge is 0.251 e. The molecule has 0 aliphatic carbocycles. The number of aromatic nitrogens is 1. The number of hydrogen-bond donors (Lipinski definition) is 1. The first kappa shape index (κ1) is 17.3. The molecule has 1 aliphatic heterocycles. The van der Waals surface area contributed by atoms with Crippen LogP contribution in [0.3, 0.4) is 0 Å². The van der Waals surface area contributed by atoms with Gasteiger partial charge in [0.05, 0.1) is 12.2 Å². The van der Waals surface area contributed by atoms with E-state index in [1.807, 2.05) is 55.6 Å². The lowest BCUT2D eigenvalue weighted by molar-refractivity contribution is 0.0933. The summed E-state index contributed by atoms with van der Waals surface area (Å²) in [5.74, 6) is 0.824. The molecular weight excluding hydrogens is 336 g/mol. The lowest BCUT2D eigenvalue weighted by atomic mass is 10.0. The van der Waals surface area contributed by atoms with E-state index < -0.39 is 0 Å². The minimum Gasteiger partial charge on any atom is -0.488 e. The average molecular weight is 358 g/mol. The van der Waals surface area contributed by atoms with Crippen LogP contribution in [0.1, 0.15) is 27.0 Å². The van der Waals surface area contributed by atoms with Gasteiger partial charge in [-0.1, -0.05) is 23.8 Å². The summed E-state index contributed by atoms with van der Waals surface area (Å²) in [5, 5.41) is 2.98. The van der Waals surface area contributed by atoms with E-state index in [0.717, 1.165) is 40.1 Å². The summed E-state index contributed by atoms with van der Waals surface area (Å²) in [5.41, 5.74) is 6.16. The van der Waals surface area contributed by atoms with Crippen LogP contribution in [0.2, 0.25) is 0 Å². The standard InChI is InChI=1S/C23H22N2O2/c1-15-5-3-7-18(11-15)23(26)25-14-20-13-19-12-17(8-9-21(19)27-20)22-16(2)6-4-10-24-22/h3-12,20H,13-14H2,1-2H3,(H,25,26)/t20-/m0/s1. The van der Waals surface area contributed by atoms with Gasteiger partial charge in [-0.2, -0.15) is 0 Å². The zero-order valence-corrected chi connectivity index (χ0v) is 15.5. The van der Waals surface area contributed by atoms with Crippen molar-refractivity contribution in [2.45, 2.75) is 26.4 Å². The molecule has 1 N–H and O–H groups in total. The number of carbonyl (C=O) groups excluding carboxylic acids is 1. The molecule has 2 heterocycles. The number of carbonyl (C=O) groups is 1. The quantitative estimate of drug-likeness (QED) is 0.764. The molecule has 1 aliphatic rings. The van der Waals surface area contributed by atoms with Gasteiger partial charge in [-0.05, 0) is 61.4 Å². The first-order chi connectivity index (χ1) is 13.1. The molecule has 1 aromatic heterocycles. The van der Waals surface area contributed by atoms with E-state index in [-0.39, 0.29) is 12.0 Å². The number of benzene rings is 2. The number of ether oxygens (including phenoxy) is 1. The fraction of sp³-hybridized carbons (Fsp3) is 0.217. The van der Waals surface area contributed by atoms with E-state index in [1.165, 1.54) is 0 Å². The number of pyridine rings is 1. The Kier molecular flexibility index (Phi) is 4.63. The van der Waals surface area contributed by atoms with Crippen LogP contribution in [0.25, 0.3) is 11.3 Å². The van der Waals surface area contributed by atoms with Crippen molar-refractivity contribution in [2.75, 3.05) is 6.54 Å². The molecule has 4 heteroatoms. The average Bonchev–Trinajstić information content (AvgIpc) is 3.08. The molecule has 2 aromatic carbocycles. The van der Waals surface area contributed by atoms with Crippen molar-refractivity contribution >= 4 is 5.91 Å². The Balaban J connectivity index is 1.42. The topological polar surface area (TPSA) is 51.2 Å². The molecule has 0 saturated heterocycles. The predicted molar refractivity (Wildman–Crippen MR) is 106 cm³/mol. The number of nitrogens with zero attached hydrogens (tertiary/aromatic N) is 1. The molecule has 27 heavy (non-hydrogen) atoms. The Morgan fingerprint density at radius 3 is 2.85 bits per heavy atom. The van der Waals surface area contributed by atoms with Gasteiger partial charge in [-0.3, -0.25) is 9.78 Å². The van der Waals surface area contributed by atoms with Gasteiger partial charge in [0.1, 0.15) is 11.9 Å². The van der Waals surface area contributed by atoms with E-state index >= 15 is 0 Å². The van der Waals surface area contributed by atoms with E-state index in [0.29, 0.717) is 12.1 Å². The Morgan fingerprint density at radius 1 is 1.15 bits per heavy atom. The molecule has 4 rings (SSSR count). The monoisotopic (exact) mass is 358 g/mol. The summed E-state index contributed by atoms with van der Waals surface area (Å²) in [6.45, 7) is 4.53. The van der Waals surface area contributed by atoms with Crippen LogP contribution in [0.4, 0.5) is 0 Å². The van der Waals surface area contributed by atoms with E-state index in [9.17, 15) is 4.79 Å². The van der Waals surface area contributed by atoms with Crippen LogP contribution in [0.5, 0.6) is 5.75 Å². The highest BCUT2D eigenvalue weighted by Gasteiger charge is 2.24. The summed E-state index contributed by atoms with van der Waals surface area (Å²) in [6, 6.07) is 17.8. The molecule has 0 fully saturated rings. The fourth-order valence-electron chi connectivity index (χ4n) is 3.46. The van der Waals surface area contributed by atoms with Crippen molar-refractivity contribution in [1.82, 2.24) is 10.3 Å². The first-order valence-electron chi connectivity index (χ1n) is 9.16. The van der Waals surface area contributed by atoms with E-state index in [2.05, 4.69) is 29.4 Å². The zero-order chi connectivity index (χ0) is 18.8. The lowest BCUT2D eigenvalue weighted by Crippen LogP contribution is -2.34. The van der Waals surface area contributed by atoms with Crippen LogP contribution >= 0.6 is 0 Å². The van der Waals surface area contributed by atoms with Crippen LogP contribution in [-0.4, -0.2) is 23.5 Å². The summed E-state index contributed by atoms with van der Waals surface area (Å²) in [7, 11) is 0. The maximum Gasteiger partial charge on any atom is 0.251 e. The Labute approximate surface area is 159 Å². The van der Waals surface area contributed by atoms with E-state index in [4.69, 9.17) is 4.74 Å². The number of nitrogens with one attached hydrogen (secondary N) is 1. The van der Waals surface area contributed by atoms with E-state index in [1.54, 1.807) is 0 Å². The number of aryl methyl sites for hydroxylation is 2. The SMILES string of the molecule is Cc1cccc(C(=O)NC[C@@H]2Cc3cc(-c4ncccc4C)ccc3O2)c1. The molecule has 4 nitrogen and oxygen atoms in total. The Hall–Kier alpha value is -3.14. The van der Waals surface area contributed by atoms with Crippen molar-refractivity contribution in [3.63, 3.8) is 0 Å². The van der Waals surface area contributed by atoms with Gasteiger partial charge in [0, 0.05) is 23.7 Å².